The van der Waals surface area contributed by atoms with Gasteiger partial charge in [0.15, 0.2) is 5.82 Å². The van der Waals surface area contributed by atoms with Crippen molar-refractivity contribution in [3.05, 3.63) is 66.2 Å². The van der Waals surface area contributed by atoms with Crippen LogP contribution >= 0.6 is 0 Å². The van der Waals surface area contributed by atoms with Crippen LogP contribution in [0.4, 0.5) is 11.5 Å². The van der Waals surface area contributed by atoms with Gasteiger partial charge in [-0.15, -0.1) is 10.2 Å². The molecule has 1 fully saturated rings. The standard InChI is InChI=1S/C24H26N4O2/c1-17(2)30-21-11-7-19(8-12-21)24(29)25-20-9-5-18(6-10-20)22-13-14-23(27-26-22)28-15-3-4-16-28/h5-14,17H,3-4,15-16H2,1-2H3,(H,25,29). The van der Waals surface area contributed by atoms with E-state index in [4.69, 9.17) is 4.74 Å². The number of aromatic nitrogens is 2. The largest absolute Gasteiger partial charge is 0.491 e. The summed E-state index contributed by atoms with van der Waals surface area (Å²) in [6.45, 7) is 6.04. The Morgan fingerprint density at radius 2 is 1.63 bits per heavy atom. The maximum absolute atomic E-state index is 12.5. The average molecular weight is 402 g/mol. The lowest BCUT2D eigenvalue weighted by Gasteiger charge is -2.15. The number of amides is 1. The Morgan fingerprint density at radius 1 is 0.933 bits per heavy atom. The highest BCUT2D eigenvalue weighted by molar-refractivity contribution is 6.04. The van der Waals surface area contributed by atoms with Gasteiger partial charge in [0.05, 0.1) is 11.8 Å². The van der Waals surface area contributed by atoms with Crippen LogP contribution in [-0.4, -0.2) is 35.3 Å². The van der Waals surface area contributed by atoms with Gasteiger partial charge in [0, 0.05) is 29.9 Å². The third-order valence-corrected chi connectivity index (χ3v) is 5.01. The normalized spacial score (nSPS) is 13.5. The highest BCUT2D eigenvalue weighted by Crippen LogP contribution is 2.23. The monoisotopic (exact) mass is 402 g/mol. The SMILES string of the molecule is CC(C)Oc1ccc(C(=O)Nc2ccc(-c3ccc(N4CCCC4)nn3)cc2)cc1. The number of nitrogens with one attached hydrogen (secondary N) is 1. The minimum Gasteiger partial charge on any atom is -0.491 e. The van der Waals surface area contributed by atoms with Crippen molar-refractivity contribution < 1.29 is 9.53 Å². The van der Waals surface area contributed by atoms with E-state index in [0.717, 1.165) is 41.6 Å². The third-order valence-electron chi connectivity index (χ3n) is 5.01. The van der Waals surface area contributed by atoms with Gasteiger partial charge in [-0.05, 0) is 75.2 Å². The van der Waals surface area contributed by atoms with E-state index in [9.17, 15) is 4.79 Å². The Labute approximate surface area is 176 Å². The molecule has 0 saturated carbocycles. The quantitative estimate of drug-likeness (QED) is 0.642. The smallest absolute Gasteiger partial charge is 0.255 e. The molecule has 0 aliphatic carbocycles. The number of carbonyl (C=O) groups is 1. The number of hydrogen-bond acceptors (Lipinski definition) is 5. The summed E-state index contributed by atoms with van der Waals surface area (Å²) in [4.78, 5) is 14.7. The van der Waals surface area contributed by atoms with E-state index in [-0.39, 0.29) is 12.0 Å². The second kappa shape index (κ2) is 8.95. The van der Waals surface area contributed by atoms with Crippen molar-refractivity contribution in [1.82, 2.24) is 10.2 Å². The zero-order valence-corrected chi connectivity index (χ0v) is 17.3. The molecule has 1 amide bonds. The molecule has 3 aromatic rings. The Bertz CT molecular complexity index is 977. The molecule has 1 aromatic heterocycles. The second-order valence-electron chi connectivity index (χ2n) is 7.69. The number of anilines is 2. The Balaban J connectivity index is 1.39. The topological polar surface area (TPSA) is 67.3 Å². The molecule has 2 heterocycles. The number of benzene rings is 2. The van der Waals surface area contributed by atoms with Gasteiger partial charge < -0.3 is 15.0 Å². The molecule has 1 saturated heterocycles. The van der Waals surface area contributed by atoms with Gasteiger partial charge in [0.25, 0.3) is 5.91 Å². The molecule has 0 atom stereocenters. The van der Waals surface area contributed by atoms with Crippen LogP contribution in [0.5, 0.6) is 5.75 Å². The minimum atomic E-state index is -0.159. The number of ether oxygens (including phenoxy) is 1. The molecule has 0 radical (unpaired) electrons. The molecular weight excluding hydrogens is 376 g/mol. The van der Waals surface area contributed by atoms with Crippen molar-refractivity contribution in [2.75, 3.05) is 23.3 Å². The lowest BCUT2D eigenvalue weighted by Crippen LogP contribution is -2.19. The molecule has 4 rings (SSSR count). The summed E-state index contributed by atoms with van der Waals surface area (Å²) in [7, 11) is 0. The van der Waals surface area contributed by atoms with Crippen molar-refractivity contribution >= 4 is 17.4 Å². The molecule has 1 aliphatic heterocycles. The van der Waals surface area contributed by atoms with Crippen molar-refractivity contribution in [1.29, 1.82) is 0 Å². The zero-order valence-electron chi connectivity index (χ0n) is 17.3. The van der Waals surface area contributed by atoms with Gasteiger partial charge in [0.2, 0.25) is 0 Å². The molecule has 2 aromatic carbocycles. The molecule has 0 bridgehead atoms. The van der Waals surface area contributed by atoms with E-state index in [1.165, 1.54) is 12.8 Å². The van der Waals surface area contributed by atoms with Crippen molar-refractivity contribution in [3.63, 3.8) is 0 Å². The van der Waals surface area contributed by atoms with E-state index in [1.54, 1.807) is 12.1 Å². The molecular formula is C24H26N4O2. The molecule has 1 aliphatic rings. The highest BCUT2D eigenvalue weighted by atomic mass is 16.5. The predicted molar refractivity (Wildman–Crippen MR) is 119 cm³/mol. The number of carbonyl (C=O) groups excluding carboxylic acids is 1. The first-order valence-electron chi connectivity index (χ1n) is 10.4. The summed E-state index contributed by atoms with van der Waals surface area (Å²) in [5.41, 5.74) is 3.09. The van der Waals surface area contributed by atoms with Crippen LogP contribution in [0.2, 0.25) is 0 Å². The van der Waals surface area contributed by atoms with Crippen molar-refractivity contribution in [3.8, 4) is 17.0 Å². The van der Waals surface area contributed by atoms with Crippen molar-refractivity contribution in [2.24, 2.45) is 0 Å². The summed E-state index contributed by atoms with van der Waals surface area (Å²) in [5.74, 6) is 1.53. The minimum absolute atomic E-state index is 0.101. The second-order valence-corrected chi connectivity index (χ2v) is 7.69. The molecule has 6 heteroatoms. The van der Waals surface area contributed by atoms with E-state index in [1.807, 2.05) is 62.4 Å². The molecule has 1 N–H and O–H groups in total. The van der Waals surface area contributed by atoms with Crippen molar-refractivity contribution in [2.45, 2.75) is 32.8 Å². The molecule has 6 nitrogen and oxygen atoms in total. The first kappa shape index (κ1) is 19.9. The lowest BCUT2D eigenvalue weighted by atomic mass is 10.1. The van der Waals surface area contributed by atoms with E-state index in [0.29, 0.717) is 5.56 Å². The van der Waals surface area contributed by atoms with Crippen LogP contribution < -0.4 is 15.0 Å². The Hall–Kier alpha value is -3.41. The highest BCUT2D eigenvalue weighted by Gasteiger charge is 2.14. The summed E-state index contributed by atoms with van der Waals surface area (Å²) < 4.78 is 5.61. The van der Waals surface area contributed by atoms with Gasteiger partial charge >= 0.3 is 0 Å². The fourth-order valence-corrected chi connectivity index (χ4v) is 3.48. The molecule has 0 unspecified atom stereocenters. The van der Waals surface area contributed by atoms with Gasteiger partial charge in [-0.1, -0.05) is 12.1 Å². The van der Waals surface area contributed by atoms with Crippen LogP contribution in [-0.2, 0) is 0 Å². The fourth-order valence-electron chi connectivity index (χ4n) is 3.48. The van der Waals surface area contributed by atoms with Gasteiger partial charge in [0.1, 0.15) is 5.75 Å². The van der Waals surface area contributed by atoms with E-state index >= 15 is 0 Å². The number of rotatable bonds is 6. The van der Waals surface area contributed by atoms with Gasteiger partial charge in [-0.3, -0.25) is 4.79 Å². The Kier molecular flexibility index (Phi) is 5.93. The average Bonchev–Trinajstić information content (AvgIpc) is 3.29. The fraction of sp³-hybridized carbons (Fsp3) is 0.292. The summed E-state index contributed by atoms with van der Waals surface area (Å²) in [6, 6.07) is 18.8. The van der Waals surface area contributed by atoms with Crippen LogP contribution in [0.25, 0.3) is 11.3 Å². The first-order chi connectivity index (χ1) is 14.6. The van der Waals surface area contributed by atoms with Crippen LogP contribution in [0.1, 0.15) is 37.0 Å². The maximum Gasteiger partial charge on any atom is 0.255 e. The number of nitrogens with zero attached hydrogens (tertiary/aromatic N) is 3. The van der Waals surface area contributed by atoms with Crippen LogP contribution in [0.15, 0.2) is 60.7 Å². The van der Waals surface area contributed by atoms with Gasteiger partial charge in [-0.25, -0.2) is 0 Å². The maximum atomic E-state index is 12.5. The van der Waals surface area contributed by atoms with Crippen LogP contribution in [0, 0.1) is 0 Å². The molecule has 0 spiro atoms. The summed E-state index contributed by atoms with van der Waals surface area (Å²) >= 11 is 0. The van der Waals surface area contributed by atoms with E-state index in [2.05, 4.69) is 20.4 Å². The molecule has 154 valence electrons. The van der Waals surface area contributed by atoms with Gasteiger partial charge in [-0.2, -0.15) is 0 Å². The third kappa shape index (κ3) is 4.76. The number of hydrogen-bond donors (Lipinski definition) is 1. The summed E-state index contributed by atoms with van der Waals surface area (Å²) in [6.07, 6.45) is 2.53. The van der Waals surface area contributed by atoms with Crippen LogP contribution in [0.3, 0.4) is 0 Å². The molecule has 30 heavy (non-hydrogen) atoms. The Morgan fingerprint density at radius 3 is 2.23 bits per heavy atom. The zero-order chi connectivity index (χ0) is 20.9. The summed E-state index contributed by atoms with van der Waals surface area (Å²) in [5, 5.41) is 11.7. The van der Waals surface area contributed by atoms with E-state index < -0.39 is 0 Å². The first-order valence-corrected chi connectivity index (χ1v) is 10.4. The lowest BCUT2D eigenvalue weighted by molar-refractivity contribution is 0.102. The predicted octanol–water partition coefficient (Wildman–Crippen LogP) is 4.78.